The highest BCUT2D eigenvalue weighted by Crippen LogP contribution is 2.57. The molecule has 0 amide bonds. The summed E-state index contributed by atoms with van der Waals surface area (Å²) in [5.41, 5.74) is 18.7. The van der Waals surface area contributed by atoms with Gasteiger partial charge in [-0.25, -0.2) is 0 Å². The molecule has 0 fully saturated rings. The number of para-hydroxylation sites is 1. The molecule has 10 rings (SSSR count). The monoisotopic (exact) mass is 649 g/mol. The average Bonchev–Trinajstić information content (AvgIpc) is 3.73. The Hall–Kier alpha value is -6.44. The van der Waals surface area contributed by atoms with Crippen molar-refractivity contribution in [3.05, 3.63) is 234 Å². The van der Waals surface area contributed by atoms with Crippen LogP contribution in [0.2, 0.25) is 0 Å². The number of nitrogens with zero attached hydrogens (tertiary/aromatic N) is 1. The summed E-state index contributed by atoms with van der Waals surface area (Å²) >= 11 is 0. The Morgan fingerprint density at radius 1 is 0.333 bits per heavy atom. The van der Waals surface area contributed by atoms with Crippen LogP contribution >= 0.6 is 0 Å². The lowest BCUT2D eigenvalue weighted by atomic mass is 9.67. The second-order valence-corrected chi connectivity index (χ2v) is 13.7. The fourth-order valence-electron chi connectivity index (χ4n) is 8.70. The second kappa shape index (κ2) is 11.9. The topological polar surface area (TPSA) is 3.24 Å². The third kappa shape index (κ3) is 4.62. The smallest absolute Gasteiger partial charge is 0.0714 e. The molecule has 0 saturated heterocycles. The molecular weight excluding hydrogens is 615 g/mol. The summed E-state index contributed by atoms with van der Waals surface area (Å²) in [5.74, 6) is 0. The second-order valence-electron chi connectivity index (χ2n) is 13.7. The van der Waals surface area contributed by atoms with Gasteiger partial charge in [-0.05, 0) is 116 Å². The number of benzene rings is 8. The molecule has 0 aromatic heterocycles. The molecule has 0 saturated carbocycles. The number of anilines is 3. The Balaban J connectivity index is 1.13. The van der Waals surface area contributed by atoms with Crippen LogP contribution < -0.4 is 4.90 Å². The van der Waals surface area contributed by atoms with E-state index in [0.717, 1.165) is 23.5 Å². The van der Waals surface area contributed by atoms with E-state index in [2.05, 4.69) is 205 Å². The summed E-state index contributed by atoms with van der Waals surface area (Å²) in [6.45, 7) is 0. The van der Waals surface area contributed by atoms with E-state index in [0.29, 0.717) is 0 Å². The molecule has 8 aromatic rings. The SMILES string of the molecule is c1ccc(N(c2ccc(-c3ccc4c(c3)-c3ccccc3C4)cc2)c2ccc3c(c2)C(c2ccccc2)(c2ccccc2)c2ccccc2-3)cc1. The first-order valence-electron chi connectivity index (χ1n) is 17.8. The largest absolute Gasteiger partial charge is 0.310 e. The predicted octanol–water partition coefficient (Wildman–Crippen LogP) is 12.8. The van der Waals surface area contributed by atoms with Crippen LogP contribution in [0.25, 0.3) is 33.4 Å². The first kappa shape index (κ1) is 29.5. The standard InChI is InChI=1S/C50H35N/c1-4-15-39(16-5-1)50(40-17-6-2-7-18-40)48-23-13-12-22-45(48)46-31-30-43(34-49(46)50)51(41-19-8-3-9-20-41)42-28-26-35(27-29-42)36-24-25-38-32-37-14-10-11-21-44(37)47(38)33-36/h1-31,33-34H,32H2. The lowest BCUT2D eigenvalue weighted by Crippen LogP contribution is -2.28. The molecule has 51 heavy (non-hydrogen) atoms. The Morgan fingerprint density at radius 3 is 1.59 bits per heavy atom. The third-order valence-corrected chi connectivity index (χ3v) is 11.0. The highest BCUT2D eigenvalue weighted by Gasteiger charge is 2.46. The molecule has 240 valence electrons. The van der Waals surface area contributed by atoms with E-state index in [-0.39, 0.29) is 0 Å². The van der Waals surface area contributed by atoms with Gasteiger partial charge in [-0.1, -0.05) is 158 Å². The summed E-state index contributed by atoms with van der Waals surface area (Å²) < 4.78 is 0. The summed E-state index contributed by atoms with van der Waals surface area (Å²) in [6.07, 6.45) is 1.01. The lowest BCUT2D eigenvalue weighted by molar-refractivity contribution is 0.768. The maximum atomic E-state index is 2.44. The molecule has 1 heteroatoms. The minimum absolute atomic E-state index is 0.455. The van der Waals surface area contributed by atoms with E-state index < -0.39 is 5.41 Å². The van der Waals surface area contributed by atoms with Crippen molar-refractivity contribution in [2.24, 2.45) is 0 Å². The van der Waals surface area contributed by atoms with E-state index in [9.17, 15) is 0 Å². The fraction of sp³-hybridized carbons (Fsp3) is 0.0400. The van der Waals surface area contributed by atoms with Gasteiger partial charge in [-0.3, -0.25) is 0 Å². The van der Waals surface area contributed by atoms with E-state index in [4.69, 9.17) is 0 Å². The molecule has 8 aromatic carbocycles. The maximum Gasteiger partial charge on any atom is 0.0714 e. The van der Waals surface area contributed by atoms with Crippen molar-refractivity contribution in [1.82, 2.24) is 0 Å². The van der Waals surface area contributed by atoms with Crippen molar-refractivity contribution in [2.75, 3.05) is 4.90 Å². The zero-order chi connectivity index (χ0) is 33.8. The van der Waals surface area contributed by atoms with Crippen molar-refractivity contribution in [3.63, 3.8) is 0 Å². The van der Waals surface area contributed by atoms with Gasteiger partial charge in [-0.15, -0.1) is 0 Å². The van der Waals surface area contributed by atoms with Crippen molar-refractivity contribution in [2.45, 2.75) is 11.8 Å². The predicted molar refractivity (Wildman–Crippen MR) is 212 cm³/mol. The Morgan fingerprint density at radius 2 is 0.863 bits per heavy atom. The van der Waals surface area contributed by atoms with Gasteiger partial charge in [0.15, 0.2) is 0 Å². The van der Waals surface area contributed by atoms with Crippen LogP contribution in [0.4, 0.5) is 17.1 Å². The molecule has 0 N–H and O–H groups in total. The summed E-state index contributed by atoms with van der Waals surface area (Å²) in [5, 5.41) is 0. The van der Waals surface area contributed by atoms with Crippen LogP contribution in [-0.2, 0) is 11.8 Å². The van der Waals surface area contributed by atoms with Gasteiger partial charge in [0.1, 0.15) is 0 Å². The van der Waals surface area contributed by atoms with Crippen LogP contribution in [0.1, 0.15) is 33.4 Å². The Labute approximate surface area is 299 Å². The normalized spacial score (nSPS) is 13.2. The van der Waals surface area contributed by atoms with Crippen LogP contribution in [0.5, 0.6) is 0 Å². The average molecular weight is 650 g/mol. The molecule has 0 unspecified atom stereocenters. The molecule has 0 heterocycles. The molecule has 0 spiro atoms. The van der Waals surface area contributed by atoms with Crippen molar-refractivity contribution in [1.29, 1.82) is 0 Å². The van der Waals surface area contributed by atoms with Gasteiger partial charge in [0, 0.05) is 17.1 Å². The highest BCUT2D eigenvalue weighted by atomic mass is 15.1. The Bertz CT molecular complexity index is 2490. The summed E-state index contributed by atoms with van der Waals surface area (Å²) in [4.78, 5) is 2.40. The molecular formula is C50H35N. The first-order chi connectivity index (χ1) is 25.3. The summed E-state index contributed by atoms with van der Waals surface area (Å²) in [6, 6.07) is 73.7. The quantitative estimate of drug-likeness (QED) is 0.173. The van der Waals surface area contributed by atoms with Crippen LogP contribution in [0.15, 0.2) is 200 Å². The number of rotatable bonds is 6. The van der Waals surface area contributed by atoms with Crippen molar-refractivity contribution >= 4 is 17.1 Å². The zero-order valence-corrected chi connectivity index (χ0v) is 28.2. The Kier molecular flexibility index (Phi) is 6.85. The van der Waals surface area contributed by atoms with E-state index in [1.165, 1.54) is 66.8 Å². The highest BCUT2D eigenvalue weighted by molar-refractivity contribution is 5.90. The van der Waals surface area contributed by atoms with Crippen LogP contribution in [-0.4, -0.2) is 0 Å². The molecule has 0 bridgehead atoms. The van der Waals surface area contributed by atoms with E-state index in [1.54, 1.807) is 0 Å². The first-order valence-corrected chi connectivity index (χ1v) is 17.8. The van der Waals surface area contributed by atoms with Crippen molar-refractivity contribution in [3.8, 4) is 33.4 Å². The van der Waals surface area contributed by atoms with E-state index >= 15 is 0 Å². The molecule has 2 aliphatic carbocycles. The molecule has 0 aliphatic heterocycles. The van der Waals surface area contributed by atoms with Crippen LogP contribution in [0, 0.1) is 0 Å². The zero-order valence-electron chi connectivity index (χ0n) is 28.2. The third-order valence-electron chi connectivity index (χ3n) is 11.0. The molecule has 2 aliphatic rings. The number of hydrogen-bond donors (Lipinski definition) is 0. The van der Waals surface area contributed by atoms with Gasteiger partial charge in [0.25, 0.3) is 0 Å². The molecule has 1 nitrogen and oxygen atoms in total. The number of fused-ring (bicyclic) bond motifs is 6. The van der Waals surface area contributed by atoms with Gasteiger partial charge in [-0.2, -0.15) is 0 Å². The van der Waals surface area contributed by atoms with Gasteiger partial charge in [0.05, 0.1) is 5.41 Å². The maximum absolute atomic E-state index is 2.44. The van der Waals surface area contributed by atoms with E-state index in [1.807, 2.05) is 0 Å². The van der Waals surface area contributed by atoms with Crippen LogP contribution in [0.3, 0.4) is 0 Å². The minimum Gasteiger partial charge on any atom is -0.310 e. The van der Waals surface area contributed by atoms with Gasteiger partial charge < -0.3 is 4.90 Å². The van der Waals surface area contributed by atoms with Gasteiger partial charge >= 0.3 is 0 Å². The number of hydrogen-bond acceptors (Lipinski definition) is 1. The van der Waals surface area contributed by atoms with Crippen molar-refractivity contribution < 1.29 is 0 Å². The fourth-order valence-corrected chi connectivity index (χ4v) is 8.70. The lowest BCUT2D eigenvalue weighted by Gasteiger charge is -2.35. The molecule has 0 radical (unpaired) electrons. The minimum atomic E-state index is -0.455. The van der Waals surface area contributed by atoms with Gasteiger partial charge in [0.2, 0.25) is 0 Å². The summed E-state index contributed by atoms with van der Waals surface area (Å²) in [7, 11) is 0. The molecule has 0 atom stereocenters.